The lowest BCUT2D eigenvalue weighted by atomic mass is 10.2. The van der Waals surface area contributed by atoms with Gasteiger partial charge in [-0.05, 0) is 36.4 Å². The Morgan fingerprint density at radius 1 is 1.07 bits per heavy atom. The fraction of sp³-hybridized carbons (Fsp3) is 0.0526. The van der Waals surface area contributed by atoms with Crippen LogP contribution < -0.4 is 0 Å². The van der Waals surface area contributed by atoms with Crippen molar-refractivity contribution in [2.45, 2.75) is 10.6 Å². The standard InChI is InChI=1S/C19H13ClFN3O2S/c20-14-5-3-4-12(18(14)21)11-27(25,26)13-7-8-15-17(10-13)24-19(23-15)16-6-1-2-9-22-16/h1-10H,11H2,(H,23,24). The molecule has 8 heteroatoms. The molecule has 2 aromatic carbocycles. The van der Waals surface area contributed by atoms with Crippen LogP contribution in [0.15, 0.2) is 65.7 Å². The number of aromatic amines is 1. The molecular weight excluding hydrogens is 389 g/mol. The predicted molar refractivity (Wildman–Crippen MR) is 102 cm³/mol. The van der Waals surface area contributed by atoms with Crippen LogP contribution in [0, 0.1) is 5.82 Å². The van der Waals surface area contributed by atoms with Gasteiger partial charge in [0.1, 0.15) is 11.5 Å². The molecule has 0 aliphatic rings. The van der Waals surface area contributed by atoms with Gasteiger partial charge in [0.25, 0.3) is 0 Å². The van der Waals surface area contributed by atoms with Crippen LogP contribution in [0.25, 0.3) is 22.6 Å². The third kappa shape index (κ3) is 3.43. The number of imidazole rings is 1. The number of rotatable bonds is 4. The van der Waals surface area contributed by atoms with Crippen molar-refractivity contribution >= 4 is 32.5 Å². The fourth-order valence-corrected chi connectivity index (χ4v) is 4.32. The van der Waals surface area contributed by atoms with Gasteiger partial charge in [0, 0.05) is 11.8 Å². The van der Waals surface area contributed by atoms with Crippen molar-refractivity contribution in [3.05, 3.63) is 77.2 Å². The number of halogens is 2. The molecule has 1 N–H and O–H groups in total. The first-order valence-electron chi connectivity index (χ1n) is 8.01. The minimum absolute atomic E-state index is 0.0291. The van der Waals surface area contributed by atoms with Crippen LogP contribution in [-0.4, -0.2) is 23.4 Å². The Balaban J connectivity index is 1.71. The van der Waals surface area contributed by atoms with Crippen LogP contribution in [0.5, 0.6) is 0 Å². The van der Waals surface area contributed by atoms with Gasteiger partial charge in [-0.2, -0.15) is 0 Å². The van der Waals surface area contributed by atoms with E-state index in [4.69, 9.17) is 11.6 Å². The molecule has 0 radical (unpaired) electrons. The lowest BCUT2D eigenvalue weighted by Crippen LogP contribution is -2.06. The molecule has 0 spiro atoms. The maximum Gasteiger partial charge on any atom is 0.182 e. The lowest BCUT2D eigenvalue weighted by Gasteiger charge is -2.07. The first kappa shape index (κ1) is 17.6. The smallest absolute Gasteiger partial charge is 0.182 e. The Kier molecular flexibility index (Phi) is 4.41. The monoisotopic (exact) mass is 401 g/mol. The van der Waals surface area contributed by atoms with Crippen molar-refractivity contribution in [2.24, 2.45) is 0 Å². The van der Waals surface area contributed by atoms with E-state index in [0.717, 1.165) is 0 Å². The van der Waals surface area contributed by atoms with E-state index in [9.17, 15) is 12.8 Å². The Morgan fingerprint density at radius 3 is 2.70 bits per heavy atom. The second-order valence-corrected chi connectivity index (χ2v) is 8.35. The van der Waals surface area contributed by atoms with Gasteiger partial charge in [-0.25, -0.2) is 17.8 Å². The molecule has 0 aliphatic heterocycles. The molecule has 0 fully saturated rings. The number of fused-ring (bicyclic) bond motifs is 1. The molecule has 0 atom stereocenters. The maximum atomic E-state index is 14.1. The molecule has 0 amide bonds. The van der Waals surface area contributed by atoms with Crippen LogP contribution in [-0.2, 0) is 15.6 Å². The van der Waals surface area contributed by atoms with E-state index < -0.39 is 21.4 Å². The summed E-state index contributed by atoms with van der Waals surface area (Å²) in [5.41, 5.74) is 1.85. The van der Waals surface area contributed by atoms with Gasteiger partial charge in [-0.1, -0.05) is 29.8 Å². The zero-order valence-corrected chi connectivity index (χ0v) is 15.4. The van der Waals surface area contributed by atoms with Gasteiger partial charge in [-0.3, -0.25) is 4.98 Å². The fourth-order valence-electron chi connectivity index (χ4n) is 2.75. The Morgan fingerprint density at radius 2 is 1.93 bits per heavy atom. The maximum absolute atomic E-state index is 14.1. The molecule has 27 heavy (non-hydrogen) atoms. The molecule has 0 bridgehead atoms. The van der Waals surface area contributed by atoms with Gasteiger partial charge in [0.15, 0.2) is 15.7 Å². The summed E-state index contributed by atoms with van der Waals surface area (Å²) >= 11 is 5.74. The molecule has 4 aromatic rings. The van der Waals surface area contributed by atoms with Gasteiger partial charge >= 0.3 is 0 Å². The molecule has 136 valence electrons. The van der Waals surface area contributed by atoms with E-state index in [1.54, 1.807) is 24.4 Å². The highest BCUT2D eigenvalue weighted by atomic mass is 35.5. The first-order chi connectivity index (χ1) is 12.9. The number of sulfone groups is 1. The zero-order valence-electron chi connectivity index (χ0n) is 13.9. The van der Waals surface area contributed by atoms with Gasteiger partial charge < -0.3 is 4.98 Å². The highest BCUT2D eigenvalue weighted by molar-refractivity contribution is 7.90. The zero-order chi connectivity index (χ0) is 19.0. The van der Waals surface area contributed by atoms with Crippen molar-refractivity contribution in [1.29, 1.82) is 0 Å². The minimum atomic E-state index is -3.76. The summed E-state index contributed by atoms with van der Waals surface area (Å²) in [6, 6.07) is 14.3. The van der Waals surface area contributed by atoms with Crippen LogP contribution in [0.3, 0.4) is 0 Å². The SMILES string of the molecule is O=S(=O)(Cc1cccc(Cl)c1F)c1ccc2nc(-c3ccccn3)[nH]c2c1. The van der Waals surface area contributed by atoms with E-state index in [0.29, 0.717) is 22.6 Å². The average molecular weight is 402 g/mol. The Hall–Kier alpha value is -2.77. The Bertz CT molecular complexity index is 1240. The van der Waals surface area contributed by atoms with Crippen LogP contribution >= 0.6 is 11.6 Å². The molecular formula is C19H13ClFN3O2S. The third-order valence-electron chi connectivity index (χ3n) is 4.10. The molecule has 2 heterocycles. The lowest BCUT2D eigenvalue weighted by molar-refractivity contribution is 0.587. The van der Waals surface area contributed by atoms with E-state index in [1.165, 1.54) is 30.3 Å². The Labute approximate surface area is 159 Å². The van der Waals surface area contributed by atoms with Gasteiger partial charge in [-0.15, -0.1) is 0 Å². The van der Waals surface area contributed by atoms with E-state index in [2.05, 4.69) is 15.0 Å². The van der Waals surface area contributed by atoms with Crippen LogP contribution in [0.1, 0.15) is 5.56 Å². The van der Waals surface area contributed by atoms with Crippen LogP contribution in [0.2, 0.25) is 5.02 Å². The van der Waals surface area contributed by atoms with Crippen molar-refractivity contribution in [2.75, 3.05) is 0 Å². The summed E-state index contributed by atoms with van der Waals surface area (Å²) in [5.74, 6) is -0.657. The molecule has 5 nitrogen and oxygen atoms in total. The summed E-state index contributed by atoms with van der Waals surface area (Å²) in [5, 5.41) is -0.105. The molecule has 0 unspecified atom stereocenters. The highest BCUT2D eigenvalue weighted by Gasteiger charge is 2.20. The number of pyridine rings is 1. The van der Waals surface area contributed by atoms with Crippen molar-refractivity contribution in [1.82, 2.24) is 15.0 Å². The number of nitrogens with zero attached hydrogens (tertiary/aromatic N) is 2. The first-order valence-corrected chi connectivity index (χ1v) is 10.0. The van der Waals surface area contributed by atoms with E-state index in [1.807, 2.05) is 6.07 Å². The molecule has 2 aromatic heterocycles. The molecule has 0 saturated heterocycles. The number of benzene rings is 2. The second kappa shape index (κ2) is 6.75. The van der Waals surface area contributed by atoms with Gasteiger partial charge in [0.05, 0.1) is 26.7 Å². The van der Waals surface area contributed by atoms with Crippen molar-refractivity contribution in [3.8, 4) is 11.5 Å². The highest BCUT2D eigenvalue weighted by Crippen LogP contribution is 2.26. The van der Waals surface area contributed by atoms with E-state index >= 15 is 0 Å². The largest absolute Gasteiger partial charge is 0.337 e. The summed E-state index contributed by atoms with van der Waals surface area (Å²) in [6.07, 6.45) is 1.65. The summed E-state index contributed by atoms with van der Waals surface area (Å²) in [6.45, 7) is 0. The number of nitrogens with one attached hydrogen (secondary N) is 1. The number of hydrogen-bond donors (Lipinski definition) is 1. The minimum Gasteiger partial charge on any atom is -0.337 e. The number of hydrogen-bond acceptors (Lipinski definition) is 4. The normalized spacial score (nSPS) is 11.8. The van der Waals surface area contributed by atoms with E-state index in [-0.39, 0.29) is 15.5 Å². The molecule has 4 rings (SSSR count). The summed E-state index contributed by atoms with van der Waals surface area (Å²) in [7, 11) is -3.76. The molecule has 0 aliphatic carbocycles. The summed E-state index contributed by atoms with van der Waals surface area (Å²) < 4.78 is 39.5. The average Bonchev–Trinajstić information content (AvgIpc) is 3.09. The van der Waals surface area contributed by atoms with Crippen LogP contribution in [0.4, 0.5) is 4.39 Å². The summed E-state index contributed by atoms with van der Waals surface area (Å²) in [4.78, 5) is 11.8. The quantitative estimate of drug-likeness (QED) is 0.550. The third-order valence-corrected chi connectivity index (χ3v) is 6.05. The number of H-pyrrole nitrogens is 1. The van der Waals surface area contributed by atoms with Crippen molar-refractivity contribution < 1.29 is 12.8 Å². The van der Waals surface area contributed by atoms with Gasteiger partial charge in [0.2, 0.25) is 0 Å². The predicted octanol–water partition coefficient (Wildman–Crippen LogP) is 4.39. The molecule has 0 saturated carbocycles. The van der Waals surface area contributed by atoms with Crippen molar-refractivity contribution in [3.63, 3.8) is 0 Å². The number of aromatic nitrogens is 3. The topological polar surface area (TPSA) is 75.7 Å². The second-order valence-electron chi connectivity index (χ2n) is 5.95.